The van der Waals surface area contributed by atoms with Crippen molar-refractivity contribution in [1.82, 2.24) is 0 Å². The lowest BCUT2D eigenvalue weighted by atomic mass is 10.1. The molecule has 0 rings (SSSR count). The van der Waals surface area contributed by atoms with Crippen molar-refractivity contribution in [2.75, 3.05) is 41.0 Å². The van der Waals surface area contributed by atoms with Crippen LogP contribution in [0.1, 0.15) is 155 Å². The van der Waals surface area contributed by atoms with Crippen LogP contribution < -0.4 is 5.11 Å². The molecule has 0 N–H and O–H groups in total. The van der Waals surface area contributed by atoms with Gasteiger partial charge in [0.25, 0.3) is 0 Å². The third kappa shape index (κ3) is 36.2. The number of likely N-dealkylation sites (N-methyl/N-ethyl adjacent to an activating group) is 1. The van der Waals surface area contributed by atoms with Gasteiger partial charge in [0.15, 0.2) is 6.10 Å². The molecule has 0 amide bonds. The van der Waals surface area contributed by atoms with Crippen molar-refractivity contribution in [3.63, 3.8) is 0 Å². The maximum atomic E-state index is 12.7. The number of allylic oxidation sites excluding steroid dienone is 12. The molecule has 0 saturated carbocycles. The normalized spacial score (nSPS) is 13.7. The highest BCUT2D eigenvalue weighted by Gasteiger charge is 2.25. The van der Waals surface area contributed by atoms with Gasteiger partial charge in [0.05, 0.1) is 40.3 Å². The van der Waals surface area contributed by atoms with E-state index in [0.29, 0.717) is 12.8 Å². The molecule has 0 aliphatic heterocycles. The number of carboxylic acids is 1. The summed E-state index contributed by atoms with van der Waals surface area (Å²) in [6.07, 6.45) is 46.3. The number of carbonyl (C=O) groups excluding carboxylic acids is 3. The lowest BCUT2D eigenvalue weighted by Gasteiger charge is -2.34. The second-order valence-corrected chi connectivity index (χ2v) is 15.3. The van der Waals surface area contributed by atoms with Crippen molar-refractivity contribution in [1.29, 1.82) is 0 Å². The Hall–Kier alpha value is -3.23. The summed E-state index contributed by atoms with van der Waals surface area (Å²) in [7, 11) is 5.38. The number of rotatable bonds is 37. The number of quaternary nitrogens is 1. The van der Waals surface area contributed by atoms with Crippen LogP contribution in [0.5, 0.6) is 0 Å². The lowest BCUT2D eigenvalue weighted by Crippen LogP contribution is -2.55. The monoisotopic (exact) mass is 770 g/mol. The van der Waals surface area contributed by atoms with Crippen LogP contribution in [0.15, 0.2) is 72.9 Å². The zero-order chi connectivity index (χ0) is 40.7. The largest absolute Gasteiger partial charge is 0.544 e. The van der Waals surface area contributed by atoms with Crippen molar-refractivity contribution in [3.05, 3.63) is 72.9 Å². The van der Waals surface area contributed by atoms with Gasteiger partial charge in [0.2, 0.25) is 0 Å². The summed E-state index contributed by atoms with van der Waals surface area (Å²) in [5.74, 6) is -1.80. The highest BCUT2D eigenvalue weighted by atomic mass is 16.6. The van der Waals surface area contributed by atoms with Gasteiger partial charge < -0.3 is 28.6 Å². The van der Waals surface area contributed by atoms with Crippen LogP contribution >= 0.6 is 0 Å². The SMILES string of the molecule is CCC/C=C/C=C/C=C/C=C/C=C/CCCCCCCC(=O)OCC(COCCC(C(=O)[O-])[N+](C)(C)C)OC(=O)CCCCC/C=C/CCCCCCCC. The van der Waals surface area contributed by atoms with Crippen molar-refractivity contribution < 1.29 is 38.2 Å². The third-order valence-corrected chi connectivity index (χ3v) is 9.17. The molecule has 0 radical (unpaired) electrons. The van der Waals surface area contributed by atoms with E-state index in [0.717, 1.165) is 77.0 Å². The molecule has 0 bridgehead atoms. The summed E-state index contributed by atoms with van der Waals surface area (Å²) in [6, 6.07) is -0.735. The summed E-state index contributed by atoms with van der Waals surface area (Å²) >= 11 is 0. The lowest BCUT2D eigenvalue weighted by molar-refractivity contribution is -0.889. The van der Waals surface area contributed by atoms with Gasteiger partial charge >= 0.3 is 11.9 Å². The van der Waals surface area contributed by atoms with Crippen molar-refractivity contribution in [2.24, 2.45) is 0 Å². The van der Waals surface area contributed by atoms with Crippen LogP contribution in [0.4, 0.5) is 0 Å². The molecule has 55 heavy (non-hydrogen) atoms. The average Bonchev–Trinajstić information content (AvgIpc) is 3.14. The molecule has 0 heterocycles. The number of esters is 2. The number of carboxylic acid groups (broad SMARTS) is 1. The first-order chi connectivity index (χ1) is 26.6. The van der Waals surface area contributed by atoms with Crippen LogP contribution in [0.25, 0.3) is 0 Å². The summed E-state index contributed by atoms with van der Waals surface area (Å²) in [6.45, 7) is 4.50. The Balaban J connectivity index is 4.45. The Morgan fingerprint density at radius 2 is 1.02 bits per heavy atom. The van der Waals surface area contributed by atoms with E-state index in [2.05, 4.69) is 50.3 Å². The number of aliphatic carboxylic acids is 1. The van der Waals surface area contributed by atoms with E-state index in [-0.39, 0.29) is 42.7 Å². The molecule has 8 heteroatoms. The summed E-state index contributed by atoms with van der Waals surface area (Å²) in [5.41, 5.74) is 0. The fraction of sp³-hybridized carbons (Fsp3) is 0.681. The fourth-order valence-corrected chi connectivity index (χ4v) is 5.80. The highest BCUT2D eigenvalue weighted by molar-refractivity contribution is 5.70. The summed E-state index contributed by atoms with van der Waals surface area (Å²) in [4.78, 5) is 36.8. The van der Waals surface area contributed by atoms with Crippen molar-refractivity contribution >= 4 is 17.9 Å². The number of hydrogen-bond acceptors (Lipinski definition) is 7. The van der Waals surface area contributed by atoms with E-state index in [1.807, 2.05) is 36.5 Å². The molecule has 0 aromatic carbocycles. The molecule has 314 valence electrons. The zero-order valence-electron chi connectivity index (χ0n) is 35.6. The fourth-order valence-electron chi connectivity index (χ4n) is 5.80. The smallest absolute Gasteiger partial charge is 0.306 e. The van der Waals surface area contributed by atoms with Crippen LogP contribution in [0, 0.1) is 0 Å². The quantitative estimate of drug-likeness (QED) is 0.0204. The third-order valence-electron chi connectivity index (χ3n) is 9.17. The van der Waals surface area contributed by atoms with Gasteiger partial charge in [0.1, 0.15) is 12.6 Å². The minimum atomic E-state index is -1.13. The van der Waals surface area contributed by atoms with Gasteiger partial charge in [-0.3, -0.25) is 9.59 Å². The number of hydrogen-bond donors (Lipinski definition) is 0. The zero-order valence-corrected chi connectivity index (χ0v) is 35.6. The molecule has 0 aromatic rings. The molecule has 0 spiro atoms. The molecule has 2 atom stereocenters. The van der Waals surface area contributed by atoms with Gasteiger partial charge in [-0.1, -0.05) is 151 Å². The van der Waals surface area contributed by atoms with Gasteiger partial charge in [-0.2, -0.15) is 0 Å². The first-order valence-electron chi connectivity index (χ1n) is 21.5. The first-order valence-corrected chi connectivity index (χ1v) is 21.5. The molecular weight excluding hydrogens is 691 g/mol. The Bertz CT molecular complexity index is 1130. The first kappa shape index (κ1) is 51.8. The van der Waals surface area contributed by atoms with E-state index in [9.17, 15) is 19.5 Å². The van der Waals surface area contributed by atoms with Gasteiger partial charge in [-0.15, -0.1) is 0 Å². The molecule has 0 fully saturated rings. The molecule has 0 saturated heterocycles. The minimum absolute atomic E-state index is 0.0224. The van der Waals surface area contributed by atoms with Gasteiger partial charge in [-0.25, -0.2) is 0 Å². The van der Waals surface area contributed by atoms with Crippen LogP contribution in [-0.4, -0.2) is 75.5 Å². The molecule has 8 nitrogen and oxygen atoms in total. The van der Waals surface area contributed by atoms with E-state index in [1.165, 1.54) is 44.9 Å². The van der Waals surface area contributed by atoms with Gasteiger partial charge in [-0.05, 0) is 57.8 Å². The summed E-state index contributed by atoms with van der Waals surface area (Å²) < 4.78 is 17.1. The predicted octanol–water partition coefficient (Wildman–Crippen LogP) is 10.2. The molecule has 0 aliphatic rings. The number of unbranched alkanes of at least 4 members (excludes halogenated alkanes) is 15. The van der Waals surface area contributed by atoms with Crippen LogP contribution in [0.2, 0.25) is 0 Å². The predicted molar refractivity (Wildman–Crippen MR) is 226 cm³/mol. The van der Waals surface area contributed by atoms with E-state index >= 15 is 0 Å². The van der Waals surface area contributed by atoms with Crippen LogP contribution in [0.3, 0.4) is 0 Å². The standard InChI is InChI=1S/C47H79NO7/c1-6-8-10-12-14-16-18-20-21-22-23-24-26-27-29-31-33-35-37-45(49)54-42-43(41-53-40-39-44(47(51)52)48(3,4)5)55-46(50)38-36-34-32-30-28-25-19-17-15-13-11-9-7-2/h10,12,14,16,18,20-25,28,43-44H,6-9,11,13,15,17,19,26-27,29-42H2,1-5H3/b12-10+,16-14+,20-18+,22-21+,24-23+,28-25+. The Morgan fingerprint density at radius 1 is 0.545 bits per heavy atom. The van der Waals surface area contributed by atoms with E-state index in [4.69, 9.17) is 14.2 Å². The maximum absolute atomic E-state index is 12.7. The van der Waals surface area contributed by atoms with Crippen molar-refractivity contribution in [2.45, 2.75) is 167 Å². The van der Waals surface area contributed by atoms with E-state index in [1.54, 1.807) is 21.1 Å². The minimum Gasteiger partial charge on any atom is -0.544 e. The Morgan fingerprint density at radius 3 is 1.56 bits per heavy atom. The highest BCUT2D eigenvalue weighted by Crippen LogP contribution is 2.12. The van der Waals surface area contributed by atoms with Gasteiger partial charge in [0, 0.05) is 19.3 Å². The topological polar surface area (TPSA) is 102 Å². The second kappa shape index (κ2) is 37.7. The second-order valence-electron chi connectivity index (χ2n) is 15.3. The Kier molecular flexibility index (Phi) is 35.5. The van der Waals surface area contributed by atoms with E-state index < -0.39 is 18.1 Å². The van der Waals surface area contributed by atoms with Crippen LogP contribution in [-0.2, 0) is 28.6 Å². The number of ether oxygens (including phenoxy) is 3. The summed E-state index contributed by atoms with van der Waals surface area (Å²) in [5, 5.41) is 11.6. The average molecular weight is 770 g/mol. The molecule has 0 aromatic heterocycles. The maximum Gasteiger partial charge on any atom is 0.306 e. The molecule has 0 aliphatic carbocycles. The Labute approximate surface area is 336 Å². The number of nitrogens with zero attached hydrogens (tertiary/aromatic N) is 1. The number of carbonyl (C=O) groups is 3. The van der Waals surface area contributed by atoms with Crippen molar-refractivity contribution in [3.8, 4) is 0 Å². The molecular formula is C47H79NO7. The molecule has 2 unspecified atom stereocenters.